The number of nitrogens with zero attached hydrogens (tertiary/aromatic N) is 2. The molecule has 1 atom stereocenters. The molecule has 2 aliphatic heterocycles. The van der Waals surface area contributed by atoms with Crippen LogP contribution in [0.2, 0.25) is 5.02 Å². The summed E-state index contributed by atoms with van der Waals surface area (Å²) >= 11 is 6.11. The molecule has 0 aliphatic carbocycles. The van der Waals surface area contributed by atoms with Gasteiger partial charge in [-0.1, -0.05) is 41.9 Å². The van der Waals surface area contributed by atoms with E-state index in [1.54, 1.807) is 46.2 Å². The Morgan fingerprint density at radius 3 is 2.24 bits per heavy atom. The van der Waals surface area contributed by atoms with E-state index in [-0.39, 0.29) is 11.5 Å². The number of rotatable bonds is 2. The number of fused-ring (bicyclic) bond motifs is 3. The number of carbonyl (C=O) groups excluding carboxylic acids is 2. The average molecular weight is 471 g/mol. The van der Waals surface area contributed by atoms with Crippen LogP contribution in [0.1, 0.15) is 43.8 Å². The molecule has 1 unspecified atom stereocenters. The molecule has 0 spiro atoms. The molecule has 0 aromatic heterocycles. The second-order valence-corrected chi connectivity index (χ2v) is 8.50. The molecule has 3 aromatic rings. The molecule has 0 N–H and O–H groups in total. The smallest absolute Gasteiger partial charge is 0.307 e. The Morgan fingerprint density at radius 2 is 1.58 bits per heavy atom. The number of amides is 2. The Bertz CT molecular complexity index is 1240. The van der Waals surface area contributed by atoms with Crippen molar-refractivity contribution in [3.8, 4) is 0 Å². The number of hydrogen-bond acceptors (Lipinski definition) is 2. The molecular weight excluding hydrogens is 453 g/mol. The van der Waals surface area contributed by atoms with E-state index < -0.39 is 23.3 Å². The molecule has 8 heteroatoms. The average Bonchev–Trinajstić information content (AvgIpc) is 3.08. The maximum absolute atomic E-state index is 13.7. The number of halogens is 4. The van der Waals surface area contributed by atoms with Crippen molar-refractivity contribution in [2.75, 3.05) is 13.1 Å². The van der Waals surface area contributed by atoms with E-state index in [0.29, 0.717) is 41.2 Å². The molecule has 2 amide bonds. The normalized spacial score (nSPS) is 19.9. The fourth-order valence-electron chi connectivity index (χ4n) is 4.87. The largest absolute Gasteiger partial charge is 0.416 e. The summed E-state index contributed by atoms with van der Waals surface area (Å²) in [5.74, 6) is -0.640. The van der Waals surface area contributed by atoms with E-state index in [0.717, 1.165) is 12.1 Å². The van der Waals surface area contributed by atoms with Gasteiger partial charge in [0.1, 0.15) is 0 Å². The number of alkyl halides is 3. The van der Waals surface area contributed by atoms with Crippen molar-refractivity contribution in [2.24, 2.45) is 0 Å². The van der Waals surface area contributed by atoms with Crippen molar-refractivity contribution < 1.29 is 22.8 Å². The van der Waals surface area contributed by atoms with Gasteiger partial charge in [-0.25, -0.2) is 0 Å². The second kappa shape index (κ2) is 7.63. The predicted molar refractivity (Wildman–Crippen MR) is 117 cm³/mol. The van der Waals surface area contributed by atoms with Crippen LogP contribution in [0.25, 0.3) is 0 Å². The van der Waals surface area contributed by atoms with Crippen molar-refractivity contribution >= 4 is 23.4 Å². The molecule has 1 fully saturated rings. The van der Waals surface area contributed by atoms with Crippen molar-refractivity contribution in [2.45, 2.75) is 18.3 Å². The van der Waals surface area contributed by atoms with E-state index in [2.05, 4.69) is 0 Å². The lowest BCUT2D eigenvalue weighted by molar-refractivity contribution is -0.137. The summed E-state index contributed by atoms with van der Waals surface area (Å²) in [5.41, 5.74) is -0.0683. The molecule has 168 valence electrons. The zero-order valence-corrected chi connectivity index (χ0v) is 18.0. The molecule has 5 rings (SSSR count). The summed E-state index contributed by atoms with van der Waals surface area (Å²) in [5, 5.41) is 0.510. The monoisotopic (exact) mass is 470 g/mol. The minimum atomic E-state index is -4.50. The van der Waals surface area contributed by atoms with Crippen molar-refractivity contribution in [3.63, 3.8) is 0 Å². The molecule has 2 heterocycles. The van der Waals surface area contributed by atoms with Gasteiger partial charge in [-0.3, -0.25) is 9.59 Å². The first-order chi connectivity index (χ1) is 15.7. The molecule has 0 radical (unpaired) electrons. The summed E-state index contributed by atoms with van der Waals surface area (Å²) in [7, 11) is 0. The Morgan fingerprint density at radius 1 is 0.909 bits per heavy atom. The van der Waals surface area contributed by atoms with Gasteiger partial charge in [0, 0.05) is 40.4 Å². The first-order valence-corrected chi connectivity index (χ1v) is 10.8. The van der Waals surface area contributed by atoms with Gasteiger partial charge in [0.25, 0.3) is 11.8 Å². The maximum Gasteiger partial charge on any atom is 0.416 e. The highest BCUT2D eigenvalue weighted by Crippen LogP contribution is 2.49. The second-order valence-electron chi connectivity index (χ2n) is 8.07. The molecule has 0 bridgehead atoms. The van der Waals surface area contributed by atoms with Crippen LogP contribution in [0.4, 0.5) is 13.2 Å². The summed E-state index contributed by atoms with van der Waals surface area (Å²) in [6.45, 7) is 0.771. The Kier molecular flexibility index (Phi) is 4.97. The number of carbonyl (C=O) groups is 2. The quantitative estimate of drug-likeness (QED) is 0.492. The predicted octanol–water partition coefficient (Wildman–Crippen LogP) is 5.56. The first-order valence-electron chi connectivity index (χ1n) is 10.4. The van der Waals surface area contributed by atoms with Gasteiger partial charge >= 0.3 is 6.18 Å². The van der Waals surface area contributed by atoms with Crippen molar-refractivity contribution in [1.29, 1.82) is 0 Å². The zero-order chi connectivity index (χ0) is 23.4. The van der Waals surface area contributed by atoms with Gasteiger partial charge in [0.15, 0.2) is 5.66 Å². The van der Waals surface area contributed by atoms with Crippen molar-refractivity contribution in [1.82, 2.24) is 9.80 Å². The van der Waals surface area contributed by atoms with Crippen LogP contribution in [-0.2, 0) is 11.8 Å². The van der Waals surface area contributed by atoms with E-state index in [4.69, 9.17) is 11.6 Å². The Hall–Kier alpha value is -3.32. The summed E-state index contributed by atoms with van der Waals surface area (Å²) in [4.78, 5) is 30.4. The fraction of sp³-hybridized carbons (Fsp3) is 0.200. The van der Waals surface area contributed by atoms with Crippen LogP contribution in [0.15, 0.2) is 72.8 Å². The van der Waals surface area contributed by atoms with Crippen LogP contribution >= 0.6 is 11.6 Å². The standard InChI is InChI=1S/C25H18ClF3N2O2/c26-19-12-10-17(11-13-19)24-21-5-2-1-4-20(21)23(33)31(24)15-3-14-30(24)22(32)16-6-8-18(9-7-16)25(27,28)29/h1-2,4-13H,3,14-15H2. The van der Waals surface area contributed by atoms with Crippen LogP contribution in [0, 0.1) is 0 Å². The molecular formula is C25H18ClF3N2O2. The molecule has 33 heavy (non-hydrogen) atoms. The van der Waals surface area contributed by atoms with Crippen LogP contribution in [-0.4, -0.2) is 34.7 Å². The first kappa shape index (κ1) is 21.5. The molecule has 3 aromatic carbocycles. The summed E-state index contributed by atoms with van der Waals surface area (Å²) < 4.78 is 39.1. The van der Waals surface area contributed by atoms with E-state index >= 15 is 0 Å². The Balaban J connectivity index is 1.69. The van der Waals surface area contributed by atoms with Gasteiger partial charge in [0.2, 0.25) is 0 Å². The molecule has 2 aliphatic rings. The third-order valence-corrected chi connectivity index (χ3v) is 6.53. The van der Waals surface area contributed by atoms with Gasteiger partial charge in [0.05, 0.1) is 5.56 Å². The topological polar surface area (TPSA) is 40.6 Å². The summed E-state index contributed by atoms with van der Waals surface area (Å²) in [6.07, 6.45) is -3.95. The Labute approximate surface area is 193 Å². The van der Waals surface area contributed by atoms with Crippen LogP contribution in [0.5, 0.6) is 0 Å². The highest BCUT2D eigenvalue weighted by Gasteiger charge is 2.57. The van der Waals surface area contributed by atoms with Gasteiger partial charge < -0.3 is 9.80 Å². The SMILES string of the molecule is O=C(c1ccc(C(F)(F)F)cc1)N1CCCN2C(=O)c3ccccc3C12c1ccc(Cl)cc1. The lowest BCUT2D eigenvalue weighted by Gasteiger charge is -2.51. The number of hydrogen-bond donors (Lipinski definition) is 0. The molecule has 1 saturated heterocycles. The third kappa shape index (κ3) is 3.22. The van der Waals surface area contributed by atoms with Crippen LogP contribution < -0.4 is 0 Å². The van der Waals surface area contributed by atoms with E-state index in [1.807, 2.05) is 12.1 Å². The maximum atomic E-state index is 13.7. The van der Waals surface area contributed by atoms with E-state index in [1.165, 1.54) is 12.1 Å². The third-order valence-electron chi connectivity index (χ3n) is 6.27. The van der Waals surface area contributed by atoms with Gasteiger partial charge in [-0.2, -0.15) is 13.2 Å². The highest BCUT2D eigenvalue weighted by atomic mass is 35.5. The molecule has 4 nitrogen and oxygen atoms in total. The minimum absolute atomic E-state index is 0.120. The number of benzene rings is 3. The summed E-state index contributed by atoms with van der Waals surface area (Å²) in [6, 6.07) is 18.3. The lowest BCUT2D eigenvalue weighted by atomic mass is 9.86. The highest BCUT2D eigenvalue weighted by molar-refractivity contribution is 6.30. The molecule has 0 saturated carbocycles. The minimum Gasteiger partial charge on any atom is -0.307 e. The van der Waals surface area contributed by atoms with Gasteiger partial charge in [-0.05, 0) is 48.9 Å². The van der Waals surface area contributed by atoms with Crippen LogP contribution in [0.3, 0.4) is 0 Å². The zero-order valence-electron chi connectivity index (χ0n) is 17.3. The lowest BCUT2D eigenvalue weighted by Crippen LogP contribution is -2.62. The fourth-order valence-corrected chi connectivity index (χ4v) is 5.00. The van der Waals surface area contributed by atoms with E-state index in [9.17, 15) is 22.8 Å². The van der Waals surface area contributed by atoms with Gasteiger partial charge in [-0.15, -0.1) is 0 Å². The van der Waals surface area contributed by atoms with Crippen molar-refractivity contribution in [3.05, 3.63) is 106 Å².